The molecule has 0 fully saturated rings. The van der Waals surface area contributed by atoms with Crippen LogP contribution in [0.3, 0.4) is 0 Å². The molecular formula is C24H24ClNO6S. The summed E-state index contributed by atoms with van der Waals surface area (Å²) in [6, 6.07) is 18.5. The lowest BCUT2D eigenvalue weighted by Gasteiger charge is -2.22. The number of phenolic OH excluding ortho intramolecular Hbond substituents is 1. The van der Waals surface area contributed by atoms with Gasteiger partial charge in [-0.2, -0.15) is 0 Å². The molecule has 174 valence electrons. The number of hydrogen-bond donors (Lipinski definition) is 3. The second kappa shape index (κ2) is 10.7. The van der Waals surface area contributed by atoms with Crippen molar-refractivity contribution in [3.05, 3.63) is 88.9 Å². The Morgan fingerprint density at radius 2 is 1.67 bits per heavy atom. The molecule has 0 aromatic heterocycles. The van der Waals surface area contributed by atoms with Crippen molar-refractivity contribution >= 4 is 27.5 Å². The molecule has 3 rings (SSSR count). The van der Waals surface area contributed by atoms with Crippen molar-refractivity contribution < 1.29 is 28.5 Å². The largest absolute Gasteiger partial charge is 0.508 e. The van der Waals surface area contributed by atoms with E-state index >= 15 is 0 Å². The highest BCUT2D eigenvalue weighted by atomic mass is 35.5. The Morgan fingerprint density at radius 3 is 2.30 bits per heavy atom. The van der Waals surface area contributed by atoms with E-state index in [4.69, 9.17) is 11.6 Å². The van der Waals surface area contributed by atoms with E-state index in [0.717, 1.165) is 10.5 Å². The fourth-order valence-corrected chi connectivity index (χ4v) is 4.89. The van der Waals surface area contributed by atoms with Crippen LogP contribution in [-0.2, 0) is 16.3 Å². The van der Waals surface area contributed by atoms with Crippen molar-refractivity contribution in [1.82, 2.24) is 4.90 Å². The van der Waals surface area contributed by atoms with Crippen molar-refractivity contribution in [1.29, 1.82) is 0 Å². The van der Waals surface area contributed by atoms with Gasteiger partial charge in [-0.3, -0.25) is 0 Å². The second-order valence-corrected chi connectivity index (χ2v) is 9.93. The monoisotopic (exact) mass is 489 g/mol. The molecule has 7 nitrogen and oxygen atoms in total. The number of nitrogens with zero attached hydrogens (tertiary/aromatic N) is 1. The van der Waals surface area contributed by atoms with Crippen LogP contribution in [0.1, 0.15) is 23.7 Å². The average molecular weight is 490 g/mol. The molecule has 0 bridgehead atoms. The lowest BCUT2D eigenvalue weighted by molar-refractivity contribution is 0.0962. The number of aliphatic hydroxyl groups excluding tert-OH is 1. The maximum absolute atomic E-state index is 12.7. The summed E-state index contributed by atoms with van der Waals surface area (Å²) in [6.45, 7) is 0.118. The fraction of sp³-hybridized carbons (Fsp3) is 0.208. The number of carbonyl (C=O) groups is 1. The maximum Gasteiger partial charge on any atom is 0.407 e. The highest BCUT2D eigenvalue weighted by Crippen LogP contribution is 2.24. The van der Waals surface area contributed by atoms with Crippen LogP contribution in [0.15, 0.2) is 82.6 Å². The predicted molar refractivity (Wildman–Crippen MR) is 124 cm³/mol. The molecule has 0 radical (unpaired) electrons. The number of hydrogen-bond acceptors (Lipinski definition) is 5. The van der Waals surface area contributed by atoms with Gasteiger partial charge in [0.05, 0.1) is 22.4 Å². The van der Waals surface area contributed by atoms with Gasteiger partial charge in [-0.05, 0) is 66.4 Å². The maximum atomic E-state index is 12.7. The topological polar surface area (TPSA) is 115 Å². The number of aromatic hydroxyl groups is 1. The van der Waals surface area contributed by atoms with Crippen LogP contribution >= 0.6 is 11.6 Å². The first-order chi connectivity index (χ1) is 15.7. The first-order valence-corrected chi connectivity index (χ1v) is 12.1. The minimum absolute atomic E-state index is 0.00520. The van der Waals surface area contributed by atoms with Crippen molar-refractivity contribution in [3.63, 3.8) is 0 Å². The zero-order chi connectivity index (χ0) is 24.0. The summed E-state index contributed by atoms with van der Waals surface area (Å²) in [4.78, 5) is 12.8. The molecule has 0 saturated carbocycles. The molecule has 0 unspecified atom stereocenters. The molecule has 0 saturated heterocycles. The number of benzene rings is 3. The van der Waals surface area contributed by atoms with Gasteiger partial charge in [0.15, 0.2) is 0 Å². The first kappa shape index (κ1) is 24.6. The van der Waals surface area contributed by atoms with Gasteiger partial charge < -0.3 is 20.2 Å². The molecule has 33 heavy (non-hydrogen) atoms. The summed E-state index contributed by atoms with van der Waals surface area (Å²) in [5, 5.41) is 29.9. The van der Waals surface area contributed by atoms with Crippen LogP contribution in [0.5, 0.6) is 5.75 Å². The third kappa shape index (κ3) is 6.47. The molecule has 0 aliphatic carbocycles. The van der Waals surface area contributed by atoms with Crippen molar-refractivity contribution in [2.45, 2.75) is 28.7 Å². The number of aryl methyl sites for hydroxylation is 1. The van der Waals surface area contributed by atoms with Gasteiger partial charge in [-0.25, -0.2) is 13.2 Å². The molecule has 3 N–H and O–H groups in total. The minimum Gasteiger partial charge on any atom is -0.508 e. The van der Waals surface area contributed by atoms with Crippen LogP contribution in [0, 0.1) is 0 Å². The van der Waals surface area contributed by atoms with E-state index in [1.165, 1.54) is 36.4 Å². The van der Waals surface area contributed by atoms with E-state index in [1.54, 1.807) is 36.4 Å². The molecule has 9 heteroatoms. The Kier molecular flexibility index (Phi) is 7.97. The Balaban J connectivity index is 1.59. The Morgan fingerprint density at radius 1 is 0.970 bits per heavy atom. The van der Waals surface area contributed by atoms with Gasteiger partial charge in [0, 0.05) is 11.6 Å². The van der Waals surface area contributed by atoms with Crippen LogP contribution in [0.4, 0.5) is 4.79 Å². The molecule has 3 aromatic rings. The lowest BCUT2D eigenvalue weighted by atomic mass is 10.1. The number of sulfone groups is 1. The summed E-state index contributed by atoms with van der Waals surface area (Å²) in [5.41, 5.74) is 1.39. The molecule has 0 aliphatic rings. The van der Waals surface area contributed by atoms with Gasteiger partial charge in [0.1, 0.15) is 5.75 Å². The number of phenols is 1. The van der Waals surface area contributed by atoms with E-state index in [1.807, 2.05) is 0 Å². The summed E-state index contributed by atoms with van der Waals surface area (Å²) in [7, 11) is -3.75. The Hall–Kier alpha value is -3.07. The third-order valence-electron chi connectivity index (χ3n) is 5.15. The summed E-state index contributed by atoms with van der Waals surface area (Å²) >= 11 is 5.93. The van der Waals surface area contributed by atoms with Crippen LogP contribution in [-0.4, -0.2) is 47.8 Å². The van der Waals surface area contributed by atoms with Crippen molar-refractivity contribution in [2.75, 3.05) is 13.1 Å². The quantitative estimate of drug-likeness (QED) is 0.407. The predicted octanol–water partition coefficient (Wildman–Crippen LogP) is 4.52. The highest BCUT2D eigenvalue weighted by molar-refractivity contribution is 7.91. The SMILES string of the molecule is O=C(O)N(CCCc1ccc(S(=O)(=O)c2cccc(O)c2)cc1)C[C@H](O)c1cccc(Cl)c1. The van der Waals surface area contributed by atoms with E-state index in [9.17, 15) is 28.5 Å². The lowest BCUT2D eigenvalue weighted by Crippen LogP contribution is -2.34. The average Bonchev–Trinajstić information content (AvgIpc) is 2.78. The third-order valence-corrected chi connectivity index (χ3v) is 7.15. The standard InChI is InChI=1S/C24H24ClNO6S/c25-19-6-1-5-18(14-19)23(28)16-26(24(29)30)13-3-4-17-9-11-21(12-10-17)33(31,32)22-8-2-7-20(27)15-22/h1-2,5-12,14-15,23,27-28H,3-4,13,16H2,(H,29,30)/t23-/m0/s1. The summed E-state index contributed by atoms with van der Waals surface area (Å²) in [6.07, 6.45) is -1.11. The first-order valence-electron chi connectivity index (χ1n) is 10.2. The van der Waals surface area contributed by atoms with E-state index in [-0.39, 0.29) is 28.6 Å². The minimum atomic E-state index is -3.75. The van der Waals surface area contributed by atoms with E-state index < -0.39 is 22.0 Å². The molecular weight excluding hydrogens is 466 g/mol. The van der Waals surface area contributed by atoms with E-state index in [0.29, 0.717) is 23.4 Å². The fourth-order valence-electron chi connectivity index (χ4n) is 3.39. The number of rotatable bonds is 9. The van der Waals surface area contributed by atoms with Gasteiger partial charge in [-0.1, -0.05) is 41.9 Å². The van der Waals surface area contributed by atoms with Crippen molar-refractivity contribution in [3.8, 4) is 5.75 Å². The number of aliphatic hydroxyl groups is 1. The Labute approximate surface area is 197 Å². The van der Waals surface area contributed by atoms with Crippen molar-refractivity contribution in [2.24, 2.45) is 0 Å². The van der Waals surface area contributed by atoms with Crippen LogP contribution in [0.25, 0.3) is 0 Å². The smallest absolute Gasteiger partial charge is 0.407 e. The van der Waals surface area contributed by atoms with Gasteiger partial charge in [0.2, 0.25) is 9.84 Å². The molecule has 1 amide bonds. The molecule has 0 aliphatic heterocycles. The normalized spacial score (nSPS) is 12.3. The molecule has 0 spiro atoms. The van der Waals surface area contributed by atoms with Gasteiger partial charge in [0.25, 0.3) is 0 Å². The second-order valence-electron chi connectivity index (χ2n) is 7.55. The van der Waals surface area contributed by atoms with Crippen LogP contribution in [0.2, 0.25) is 5.02 Å². The zero-order valence-corrected chi connectivity index (χ0v) is 19.2. The zero-order valence-electron chi connectivity index (χ0n) is 17.6. The summed E-state index contributed by atoms with van der Waals surface area (Å²) in [5.74, 6) is -0.129. The van der Waals surface area contributed by atoms with Gasteiger partial charge in [-0.15, -0.1) is 0 Å². The number of halogens is 1. The molecule has 0 heterocycles. The van der Waals surface area contributed by atoms with Gasteiger partial charge >= 0.3 is 6.09 Å². The highest BCUT2D eigenvalue weighted by Gasteiger charge is 2.19. The molecule has 3 aromatic carbocycles. The number of carboxylic acid groups (broad SMARTS) is 1. The summed E-state index contributed by atoms with van der Waals surface area (Å²) < 4.78 is 25.4. The number of amides is 1. The van der Waals surface area contributed by atoms with Crippen LogP contribution < -0.4 is 0 Å². The van der Waals surface area contributed by atoms with E-state index in [2.05, 4.69) is 0 Å². The Bertz CT molecular complexity index is 1210. The molecule has 1 atom stereocenters.